The van der Waals surface area contributed by atoms with Gasteiger partial charge in [-0.1, -0.05) is 88.7 Å². The number of imide groups is 1. The van der Waals surface area contributed by atoms with E-state index < -0.39 is 5.54 Å². The third-order valence-electron chi connectivity index (χ3n) is 7.35. The van der Waals surface area contributed by atoms with Crippen LogP contribution in [0.1, 0.15) is 41.9 Å². The highest BCUT2D eigenvalue weighted by molar-refractivity contribution is 9.10. The zero-order valence-electron chi connectivity index (χ0n) is 20.1. The van der Waals surface area contributed by atoms with E-state index in [1.54, 1.807) is 0 Å². The van der Waals surface area contributed by atoms with Crippen LogP contribution < -0.4 is 5.32 Å². The van der Waals surface area contributed by atoms with Crippen molar-refractivity contribution < 1.29 is 9.59 Å². The lowest BCUT2D eigenvalue weighted by Crippen LogP contribution is -2.55. The number of nitrogens with zero attached hydrogens (tertiary/aromatic N) is 2. The summed E-state index contributed by atoms with van der Waals surface area (Å²) in [5.74, 6) is 0.249. The van der Waals surface area contributed by atoms with E-state index in [9.17, 15) is 9.59 Å². The summed E-state index contributed by atoms with van der Waals surface area (Å²) in [5.41, 5.74) is 2.84. The first-order valence-corrected chi connectivity index (χ1v) is 13.0. The van der Waals surface area contributed by atoms with Crippen LogP contribution in [0.15, 0.2) is 89.4 Å². The molecule has 7 heteroatoms. The highest BCUT2D eigenvalue weighted by atomic mass is 79.9. The zero-order valence-corrected chi connectivity index (χ0v) is 22.5. The number of rotatable bonds is 7. The first-order valence-electron chi connectivity index (χ1n) is 12.2. The normalized spacial score (nSPS) is 17.3. The molecule has 2 aliphatic heterocycles. The molecule has 0 aromatic heterocycles. The van der Waals surface area contributed by atoms with Gasteiger partial charge in [-0.3, -0.25) is 9.69 Å². The van der Waals surface area contributed by atoms with Crippen molar-refractivity contribution in [2.75, 3.05) is 19.6 Å². The Labute approximate surface area is 227 Å². The molecule has 0 atom stereocenters. The van der Waals surface area contributed by atoms with Crippen molar-refractivity contribution in [3.05, 3.63) is 106 Å². The average Bonchev–Trinajstić information content (AvgIpc) is 3.12. The fourth-order valence-corrected chi connectivity index (χ4v) is 5.56. The van der Waals surface area contributed by atoms with Crippen molar-refractivity contribution in [1.82, 2.24) is 15.1 Å². The summed E-state index contributed by atoms with van der Waals surface area (Å²) in [6.45, 7) is 2.86. The molecule has 0 aliphatic carbocycles. The molecule has 1 N–H and O–H groups in total. The molecule has 2 aliphatic rings. The molecule has 36 heavy (non-hydrogen) atoms. The molecular formula is C29H31BrClN3O2. The molecule has 188 valence electrons. The first kappa shape index (κ1) is 26.4. The van der Waals surface area contributed by atoms with E-state index in [2.05, 4.69) is 86.8 Å². The van der Waals surface area contributed by atoms with E-state index in [0.717, 1.165) is 36.1 Å². The summed E-state index contributed by atoms with van der Waals surface area (Å²) >= 11 is 3.43. The van der Waals surface area contributed by atoms with Gasteiger partial charge in [-0.05, 0) is 54.6 Å². The summed E-state index contributed by atoms with van der Waals surface area (Å²) in [7, 11) is 0. The number of carbonyl (C=O) groups is 2. The van der Waals surface area contributed by atoms with Gasteiger partial charge in [0.25, 0.3) is 5.91 Å². The molecule has 0 radical (unpaired) electrons. The lowest BCUT2D eigenvalue weighted by Gasteiger charge is -2.37. The summed E-state index contributed by atoms with van der Waals surface area (Å²) in [6.07, 6.45) is 2.31. The summed E-state index contributed by atoms with van der Waals surface area (Å²) in [4.78, 5) is 29.8. The van der Waals surface area contributed by atoms with Crippen molar-refractivity contribution >= 4 is 40.3 Å². The third-order valence-corrected chi connectivity index (χ3v) is 7.88. The standard InChI is InChI=1S/C29H30BrN3O2.ClH/c30-25-13-11-22(12-14-25)21-33-27(34)29(31-28(33)35)16-19-32(20-17-29)18-15-26(23-7-3-1-4-8-23)24-9-5-2-6-10-24;/h1-14,26H,15-21H2,(H,31,35);1H. The topological polar surface area (TPSA) is 52.7 Å². The quantitative estimate of drug-likeness (QED) is 0.357. The Morgan fingerprint density at radius 3 is 1.94 bits per heavy atom. The number of hydrogen-bond donors (Lipinski definition) is 1. The lowest BCUT2D eigenvalue weighted by atomic mass is 9.86. The van der Waals surface area contributed by atoms with Gasteiger partial charge in [0.2, 0.25) is 0 Å². The van der Waals surface area contributed by atoms with E-state index in [0.29, 0.717) is 25.3 Å². The van der Waals surface area contributed by atoms with E-state index in [1.165, 1.54) is 16.0 Å². The van der Waals surface area contributed by atoms with Crippen molar-refractivity contribution in [1.29, 1.82) is 0 Å². The van der Waals surface area contributed by atoms with Gasteiger partial charge in [0.1, 0.15) is 5.54 Å². The van der Waals surface area contributed by atoms with Gasteiger partial charge in [0, 0.05) is 23.5 Å². The molecule has 0 unspecified atom stereocenters. The van der Waals surface area contributed by atoms with Gasteiger partial charge in [0.15, 0.2) is 0 Å². The molecule has 2 fully saturated rings. The van der Waals surface area contributed by atoms with Crippen LogP contribution in [0.2, 0.25) is 0 Å². The Kier molecular flexibility index (Phi) is 8.50. The SMILES string of the molecule is Cl.O=C1NC2(CCN(CCC(c3ccccc3)c3ccccc3)CC2)C(=O)N1Cc1ccc(Br)cc1. The molecule has 3 aromatic rings. The summed E-state index contributed by atoms with van der Waals surface area (Å²) < 4.78 is 0.976. The maximum absolute atomic E-state index is 13.3. The summed E-state index contributed by atoms with van der Waals surface area (Å²) in [5, 5.41) is 3.04. The minimum absolute atomic E-state index is 0. The maximum Gasteiger partial charge on any atom is 0.325 e. The number of benzene rings is 3. The molecule has 3 amide bonds. The molecule has 1 spiro atoms. The van der Waals surface area contributed by atoms with Crippen molar-refractivity contribution in [2.45, 2.75) is 37.3 Å². The Morgan fingerprint density at radius 1 is 0.833 bits per heavy atom. The number of amides is 3. The molecule has 5 nitrogen and oxygen atoms in total. The number of hydrogen-bond acceptors (Lipinski definition) is 3. The van der Waals surface area contributed by atoms with Crippen LogP contribution in [0, 0.1) is 0 Å². The molecule has 0 saturated carbocycles. The van der Waals surface area contributed by atoms with E-state index in [1.807, 2.05) is 24.3 Å². The maximum atomic E-state index is 13.3. The highest BCUT2D eigenvalue weighted by Gasteiger charge is 2.52. The van der Waals surface area contributed by atoms with Crippen LogP contribution >= 0.6 is 28.3 Å². The molecule has 3 aromatic carbocycles. The molecule has 2 heterocycles. The Bertz CT molecular complexity index is 1130. The van der Waals surface area contributed by atoms with Gasteiger partial charge in [-0.25, -0.2) is 4.79 Å². The molecule has 0 bridgehead atoms. The largest absolute Gasteiger partial charge is 0.325 e. The van der Waals surface area contributed by atoms with E-state index in [-0.39, 0.29) is 24.3 Å². The smallest absolute Gasteiger partial charge is 0.323 e. The van der Waals surface area contributed by atoms with Crippen molar-refractivity contribution in [3.63, 3.8) is 0 Å². The minimum Gasteiger partial charge on any atom is -0.323 e. The van der Waals surface area contributed by atoms with Gasteiger partial charge in [0.05, 0.1) is 6.54 Å². The number of likely N-dealkylation sites (tertiary alicyclic amines) is 1. The van der Waals surface area contributed by atoms with Crippen molar-refractivity contribution in [2.24, 2.45) is 0 Å². The van der Waals surface area contributed by atoms with Crippen LogP contribution in [-0.2, 0) is 11.3 Å². The third kappa shape index (κ3) is 5.66. The van der Waals surface area contributed by atoms with Crippen LogP contribution in [0.5, 0.6) is 0 Å². The van der Waals surface area contributed by atoms with Crippen molar-refractivity contribution in [3.8, 4) is 0 Å². The lowest BCUT2D eigenvalue weighted by molar-refractivity contribution is -0.133. The second kappa shape index (κ2) is 11.6. The predicted molar refractivity (Wildman–Crippen MR) is 148 cm³/mol. The molecule has 2 saturated heterocycles. The number of piperidine rings is 1. The second-order valence-electron chi connectivity index (χ2n) is 9.53. The Hall–Kier alpha value is -2.67. The Morgan fingerprint density at radius 2 is 1.39 bits per heavy atom. The van der Waals surface area contributed by atoms with Gasteiger partial charge < -0.3 is 10.2 Å². The van der Waals surface area contributed by atoms with Crippen LogP contribution in [0.3, 0.4) is 0 Å². The van der Waals surface area contributed by atoms with E-state index in [4.69, 9.17) is 0 Å². The van der Waals surface area contributed by atoms with Gasteiger partial charge in [-0.15, -0.1) is 12.4 Å². The monoisotopic (exact) mass is 567 g/mol. The molecule has 5 rings (SSSR count). The second-order valence-corrected chi connectivity index (χ2v) is 10.4. The van der Waals surface area contributed by atoms with Crippen LogP contribution in [0.4, 0.5) is 4.79 Å². The predicted octanol–water partition coefficient (Wildman–Crippen LogP) is 5.98. The van der Waals surface area contributed by atoms with Crippen LogP contribution in [0.25, 0.3) is 0 Å². The number of nitrogens with one attached hydrogen (secondary N) is 1. The van der Waals surface area contributed by atoms with Gasteiger partial charge >= 0.3 is 6.03 Å². The Balaban J connectivity index is 0.00000304. The highest BCUT2D eigenvalue weighted by Crippen LogP contribution is 2.32. The van der Waals surface area contributed by atoms with E-state index >= 15 is 0 Å². The first-order chi connectivity index (χ1) is 17.0. The zero-order chi connectivity index (χ0) is 24.3. The van der Waals surface area contributed by atoms with Crippen LogP contribution in [-0.4, -0.2) is 46.9 Å². The average molecular weight is 569 g/mol. The molecular weight excluding hydrogens is 538 g/mol. The summed E-state index contributed by atoms with van der Waals surface area (Å²) in [6, 6.07) is 28.8. The number of carbonyl (C=O) groups excluding carboxylic acids is 2. The minimum atomic E-state index is -0.763. The number of urea groups is 1. The number of halogens is 2. The fourth-order valence-electron chi connectivity index (χ4n) is 5.30. The fraction of sp³-hybridized carbons (Fsp3) is 0.310. The van der Waals surface area contributed by atoms with Gasteiger partial charge in [-0.2, -0.15) is 0 Å².